The number of anilines is 1. The molecule has 0 aromatic heterocycles. The average Bonchev–Trinajstić information content (AvgIpc) is 3.16. The van der Waals surface area contributed by atoms with E-state index in [1.165, 1.54) is 12.1 Å². The summed E-state index contributed by atoms with van der Waals surface area (Å²) in [6.45, 7) is 2.95. The van der Waals surface area contributed by atoms with Gasteiger partial charge in [0.05, 0.1) is 11.3 Å². The van der Waals surface area contributed by atoms with Crippen LogP contribution in [0.25, 0.3) is 5.70 Å². The van der Waals surface area contributed by atoms with E-state index in [1.807, 2.05) is 37.3 Å². The van der Waals surface area contributed by atoms with Crippen molar-refractivity contribution >= 4 is 17.4 Å². The molecule has 2 N–H and O–H groups in total. The van der Waals surface area contributed by atoms with Crippen molar-refractivity contribution in [3.05, 3.63) is 71.8 Å². The van der Waals surface area contributed by atoms with Crippen molar-refractivity contribution < 1.29 is 22.8 Å². The Bertz CT molecular complexity index is 944. The van der Waals surface area contributed by atoms with Crippen molar-refractivity contribution in [1.29, 1.82) is 0 Å². The summed E-state index contributed by atoms with van der Waals surface area (Å²) in [5.41, 5.74) is 4.03. The number of rotatable bonds is 2. The van der Waals surface area contributed by atoms with Gasteiger partial charge in [0, 0.05) is 31.1 Å². The molecule has 2 aromatic rings. The van der Waals surface area contributed by atoms with Crippen LogP contribution < -0.4 is 10.8 Å². The maximum Gasteiger partial charge on any atom is 0.416 e. The van der Waals surface area contributed by atoms with Crippen LogP contribution in [0.1, 0.15) is 24.5 Å². The number of hydrogen-bond acceptors (Lipinski definition) is 3. The second kappa shape index (κ2) is 7.68. The van der Waals surface area contributed by atoms with Crippen molar-refractivity contribution in [3.8, 4) is 0 Å². The molecule has 0 aliphatic carbocycles. The first-order chi connectivity index (χ1) is 14.3. The highest BCUT2D eigenvalue weighted by atomic mass is 19.4. The molecule has 0 radical (unpaired) electrons. The third-order valence-electron chi connectivity index (χ3n) is 5.68. The van der Waals surface area contributed by atoms with E-state index in [4.69, 9.17) is 4.84 Å². The first kappa shape index (κ1) is 20.3. The molecule has 30 heavy (non-hydrogen) atoms. The number of carbonyl (C=O) groups excluding carboxylic acids is 1. The monoisotopic (exact) mass is 417 g/mol. The quantitative estimate of drug-likeness (QED) is 0.731. The van der Waals surface area contributed by atoms with Crippen LogP contribution in [0.2, 0.25) is 0 Å². The second-order valence-corrected chi connectivity index (χ2v) is 7.69. The van der Waals surface area contributed by atoms with Gasteiger partial charge in [0.25, 0.3) is 0 Å². The fourth-order valence-corrected chi connectivity index (χ4v) is 3.84. The summed E-state index contributed by atoms with van der Waals surface area (Å²) in [4.78, 5) is 20.2. The zero-order valence-corrected chi connectivity index (χ0v) is 16.4. The zero-order valence-electron chi connectivity index (χ0n) is 16.4. The first-order valence-corrected chi connectivity index (χ1v) is 9.72. The molecule has 4 rings (SSSR count). The number of piperidine rings is 1. The van der Waals surface area contributed by atoms with Gasteiger partial charge in [0.15, 0.2) is 0 Å². The number of alkyl halides is 3. The number of carbonyl (C=O) groups is 1. The van der Waals surface area contributed by atoms with Crippen LogP contribution in [0.4, 0.5) is 23.7 Å². The average molecular weight is 417 g/mol. The molecule has 2 unspecified atom stereocenters. The van der Waals surface area contributed by atoms with E-state index >= 15 is 0 Å². The molecule has 158 valence electrons. The fraction of sp³-hybridized carbons (Fsp3) is 0.318. The van der Waals surface area contributed by atoms with Crippen LogP contribution in [0.15, 0.2) is 60.7 Å². The van der Waals surface area contributed by atoms with Crippen molar-refractivity contribution in [2.24, 2.45) is 5.92 Å². The molecular weight excluding hydrogens is 395 g/mol. The van der Waals surface area contributed by atoms with Gasteiger partial charge in [0.2, 0.25) is 0 Å². The third kappa shape index (κ3) is 4.00. The SMILES string of the molecule is CC1CN(C(=O)Nc2ccc(C(F)(F)F)cc2)CCC12C=C(c1ccccc1)NO2. The Hall–Kier alpha value is -3.00. The Kier molecular flexibility index (Phi) is 5.19. The first-order valence-electron chi connectivity index (χ1n) is 9.72. The molecule has 2 aromatic carbocycles. The van der Waals surface area contributed by atoms with Gasteiger partial charge >= 0.3 is 12.2 Å². The van der Waals surface area contributed by atoms with E-state index in [2.05, 4.69) is 16.9 Å². The maximum atomic E-state index is 12.7. The van der Waals surface area contributed by atoms with Gasteiger partial charge in [-0.2, -0.15) is 13.2 Å². The lowest BCUT2D eigenvalue weighted by molar-refractivity contribution is -0.137. The Morgan fingerprint density at radius 2 is 1.87 bits per heavy atom. The summed E-state index contributed by atoms with van der Waals surface area (Å²) in [5, 5.41) is 2.67. The molecule has 2 aliphatic rings. The van der Waals surface area contributed by atoms with Gasteiger partial charge in [-0.25, -0.2) is 4.79 Å². The Morgan fingerprint density at radius 3 is 2.50 bits per heavy atom. The van der Waals surface area contributed by atoms with Gasteiger partial charge in [0.1, 0.15) is 5.60 Å². The number of amides is 2. The Balaban J connectivity index is 1.40. The van der Waals surface area contributed by atoms with E-state index in [0.717, 1.165) is 23.4 Å². The lowest BCUT2D eigenvalue weighted by atomic mass is 9.81. The summed E-state index contributed by atoms with van der Waals surface area (Å²) in [5.74, 6) is 0.0262. The van der Waals surface area contributed by atoms with Crippen LogP contribution in [-0.2, 0) is 11.0 Å². The second-order valence-electron chi connectivity index (χ2n) is 7.69. The fourth-order valence-electron chi connectivity index (χ4n) is 3.84. The molecule has 0 bridgehead atoms. The molecule has 1 fully saturated rings. The molecule has 0 saturated carbocycles. The highest BCUT2D eigenvalue weighted by Crippen LogP contribution is 2.38. The number of nitrogens with one attached hydrogen (secondary N) is 2. The number of urea groups is 1. The molecule has 1 saturated heterocycles. The summed E-state index contributed by atoms with van der Waals surface area (Å²) in [7, 11) is 0. The van der Waals surface area contributed by atoms with Crippen LogP contribution in [-0.4, -0.2) is 29.6 Å². The molecular formula is C22H22F3N3O2. The predicted molar refractivity (Wildman–Crippen MR) is 107 cm³/mol. The molecule has 2 aliphatic heterocycles. The van der Waals surface area contributed by atoms with Crippen molar-refractivity contribution in [2.75, 3.05) is 18.4 Å². The van der Waals surface area contributed by atoms with Gasteiger partial charge in [-0.05, 0) is 35.9 Å². The summed E-state index contributed by atoms with van der Waals surface area (Å²) >= 11 is 0. The number of hydrogen-bond donors (Lipinski definition) is 2. The van der Waals surface area contributed by atoms with Gasteiger partial charge < -0.3 is 10.2 Å². The number of benzene rings is 2. The summed E-state index contributed by atoms with van der Waals surface area (Å²) in [6.07, 6.45) is -1.71. The van der Waals surface area contributed by atoms with Gasteiger partial charge in [-0.15, -0.1) is 0 Å². The number of nitrogens with zero attached hydrogens (tertiary/aromatic N) is 1. The van der Waals surface area contributed by atoms with Crippen molar-refractivity contribution in [2.45, 2.75) is 25.1 Å². The molecule has 8 heteroatoms. The van der Waals surface area contributed by atoms with E-state index in [9.17, 15) is 18.0 Å². The minimum Gasteiger partial charge on any atom is -0.324 e. The van der Waals surface area contributed by atoms with Crippen LogP contribution in [0.5, 0.6) is 0 Å². The highest BCUT2D eigenvalue weighted by molar-refractivity contribution is 5.89. The Morgan fingerprint density at radius 1 is 1.17 bits per heavy atom. The lowest BCUT2D eigenvalue weighted by Gasteiger charge is -2.41. The van der Waals surface area contributed by atoms with Gasteiger partial charge in [-0.1, -0.05) is 37.3 Å². The highest BCUT2D eigenvalue weighted by Gasteiger charge is 2.45. The van der Waals surface area contributed by atoms with Gasteiger partial charge in [-0.3, -0.25) is 10.3 Å². The van der Waals surface area contributed by atoms with Crippen molar-refractivity contribution in [1.82, 2.24) is 10.4 Å². The number of halogens is 3. The summed E-state index contributed by atoms with van der Waals surface area (Å²) in [6, 6.07) is 14.0. The minimum absolute atomic E-state index is 0.0262. The maximum absolute atomic E-state index is 12.7. The van der Waals surface area contributed by atoms with E-state index in [0.29, 0.717) is 25.2 Å². The number of likely N-dealkylation sites (tertiary alicyclic amines) is 1. The van der Waals surface area contributed by atoms with E-state index in [-0.39, 0.29) is 11.9 Å². The zero-order chi connectivity index (χ0) is 21.4. The molecule has 1 spiro atoms. The van der Waals surface area contributed by atoms with E-state index in [1.54, 1.807) is 4.90 Å². The lowest BCUT2D eigenvalue weighted by Crippen LogP contribution is -2.53. The molecule has 5 nitrogen and oxygen atoms in total. The van der Waals surface area contributed by atoms with Crippen LogP contribution >= 0.6 is 0 Å². The molecule has 2 amide bonds. The van der Waals surface area contributed by atoms with Crippen LogP contribution in [0.3, 0.4) is 0 Å². The standard InChI is InChI=1S/C22H22F3N3O2/c1-15-14-28(20(29)26-18-9-7-17(8-10-18)22(23,24)25)12-11-21(15)13-19(27-30-21)16-5-3-2-4-6-16/h2-10,13,15,27H,11-12,14H2,1H3,(H,26,29). The number of hydroxylamine groups is 1. The predicted octanol–water partition coefficient (Wildman–Crippen LogP) is 4.89. The normalized spacial score (nSPS) is 23.8. The Labute approximate surface area is 172 Å². The minimum atomic E-state index is -4.40. The summed E-state index contributed by atoms with van der Waals surface area (Å²) < 4.78 is 38.0. The molecule has 2 heterocycles. The van der Waals surface area contributed by atoms with Crippen molar-refractivity contribution in [3.63, 3.8) is 0 Å². The smallest absolute Gasteiger partial charge is 0.324 e. The third-order valence-corrected chi connectivity index (χ3v) is 5.68. The molecule has 2 atom stereocenters. The van der Waals surface area contributed by atoms with E-state index < -0.39 is 17.3 Å². The largest absolute Gasteiger partial charge is 0.416 e. The topological polar surface area (TPSA) is 53.6 Å². The van der Waals surface area contributed by atoms with Crippen LogP contribution in [0, 0.1) is 5.92 Å².